The second-order valence-corrected chi connectivity index (χ2v) is 9.42. The molecule has 1 aliphatic rings. The van der Waals surface area contributed by atoms with Gasteiger partial charge in [0.25, 0.3) is 5.91 Å². The number of anilines is 2. The van der Waals surface area contributed by atoms with Gasteiger partial charge < -0.3 is 24.4 Å². The van der Waals surface area contributed by atoms with E-state index in [1.54, 1.807) is 11.0 Å². The van der Waals surface area contributed by atoms with E-state index in [0.717, 1.165) is 18.5 Å². The van der Waals surface area contributed by atoms with Crippen molar-refractivity contribution in [1.82, 2.24) is 9.47 Å². The number of rotatable bonds is 4. The van der Waals surface area contributed by atoms with Crippen molar-refractivity contribution < 1.29 is 14.3 Å². The maximum absolute atomic E-state index is 12.9. The van der Waals surface area contributed by atoms with Crippen LogP contribution in [0.4, 0.5) is 16.2 Å². The summed E-state index contributed by atoms with van der Waals surface area (Å²) in [4.78, 5) is 28.9. The summed E-state index contributed by atoms with van der Waals surface area (Å²) in [6.07, 6.45) is 3.16. The van der Waals surface area contributed by atoms with Crippen LogP contribution in [0.25, 0.3) is 0 Å². The number of carbonyl (C=O) groups excluding carboxylic acids is 2. The van der Waals surface area contributed by atoms with E-state index in [4.69, 9.17) is 16.3 Å². The highest BCUT2D eigenvalue weighted by molar-refractivity contribution is 6.33. The van der Waals surface area contributed by atoms with Crippen molar-refractivity contribution in [3.05, 3.63) is 47.2 Å². The minimum Gasteiger partial charge on any atom is -0.444 e. The van der Waals surface area contributed by atoms with Crippen molar-refractivity contribution in [2.75, 3.05) is 37.4 Å². The quantitative estimate of drug-likeness (QED) is 0.715. The normalized spacial score (nSPS) is 15.0. The summed E-state index contributed by atoms with van der Waals surface area (Å²) >= 11 is 6.32. The van der Waals surface area contributed by atoms with Crippen LogP contribution in [0, 0.1) is 0 Å². The monoisotopic (exact) mass is 446 g/mol. The SMILES string of the molecule is CN(C)c1ccc(NC(=O)c2cccn2C2CCN(C(=O)OC(C)(C)C)CC2)cc1Cl. The highest BCUT2D eigenvalue weighted by Crippen LogP contribution is 2.29. The van der Waals surface area contributed by atoms with Gasteiger partial charge in [0.05, 0.1) is 10.7 Å². The lowest BCUT2D eigenvalue weighted by atomic mass is 10.0. The Morgan fingerprint density at radius 2 is 1.84 bits per heavy atom. The Morgan fingerprint density at radius 3 is 2.42 bits per heavy atom. The maximum Gasteiger partial charge on any atom is 0.410 e. The number of halogens is 1. The van der Waals surface area contributed by atoms with E-state index in [1.165, 1.54) is 0 Å². The number of amides is 2. The fourth-order valence-electron chi connectivity index (χ4n) is 3.70. The molecule has 2 amide bonds. The largest absolute Gasteiger partial charge is 0.444 e. The second-order valence-electron chi connectivity index (χ2n) is 9.01. The summed E-state index contributed by atoms with van der Waals surface area (Å²) in [6, 6.07) is 9.30. The van der Waals surface area contributed by atoms with Gasteiger partial charge in [-0.25, -0.2) is 4.79 Å². The van der Waals surface area contributed by atoms with Crippen molar-refractivity contribution >= 4 is 35.0 Å². The molecule has 0 aliphatic carbocycles. The number of benzene rings is 1. The molecular formula is C23H31ClN4O3. The number of ether oxygens (including phenoxy) is 1. The van der Waals surface area contributed by atoms with Gasteiger partial charge in [0.2, 0.25) is 0 Å². The van der Waals surface area contributed by atoms with Gasteiger partial charge in [0.15, 0.2) is 0 Å². The van der Waals surface area contributed by atoms with Crippen molar-refractivity contribution in [3.63, 3.8) is 0 Å². The van der Waals surface area contributed by atoms with Gasteiger partial charge in [-0.05, 0) is 63.9 Å². The van der Waals surface area contributed by atoms with Gasteiger partial charge in [-0.2, -0.15) is 0 Å². The first-order valence-corrected chi connectivity index (χ1v) is 10.9. The molecule has 1 aromatic carbocycles. The number of nitrogens with one attached hydrogen (secondary N) is 1. The van der Waals surface area contributed by atoms with Crippen LogP contribution in [0.1, 0.15) is 50.1 Å². The van der Waals surface area contributed by atoms with Crippen LogP contribution in [-0.4, -0.2) is 54.3 Å². The standard InChI is InChI=1S/C23H31ClN4O3/c1-23(2,3)31-22(30)27-13-10-17(11-14-27)28-12-6-7-20(28)21(29)25-16-8-9-19(26(4)5)18(24)15-16/h6-9,12,15,17H,10-11,13-14H2,1-5H3,(H,25,29). The molecule has 8 heteroatoms. The minimum absolute atomic E-state index is 0.147. The first kappa shape index (κ1) is 23.0. The third kappa shape index (κ3) is 5.73. The Labute approximate surface area is 188 Å². The predicted octanol–water partition coefficient (Wildman–Crippen LogP) is 5.03. The Bertz CT molecular complexity index is 941. The molecule has 0 atom stereocenters. The number of carbonyl (C=O) groups is 2. The Kier molecular flexibility index (Phi) is 6.84. The number of hydrogen-bond acceptors (Lipinski definition) is 4. The highest BCUT2D eigenvalue weighted by Gasteiger charge is 2.28. The summed E-state index contributed by atoms with van der Waals surface area (Å²) in [6.45, 7) is 6.79. The van der Waals surface area contributed by atoms with Crippen molar-refractivity contribution in [2.45, 2.75) is 45.3 Å². The van der Waals surface area contributed by atoms with Crippen LogP contribution in [-0.2, 0) is 4.74 Å². The van der Waals surface area contributed by atoms with Gasteiger partial charge >= 0.3 is 6.09 Å². The molecule has 2 aromatic rings. The molecule has 1 saturated heterocycles. The lowest BCUT2D eigenvalue weighted by molar-refractivity contribution is 0.0187. The van der Waals surface area contributed by atoms with E-state index in [1.807, 2.05) is 74.8 Å². The first-order valence-electron chi connectivity index (χ1n) is 10.5. The molecule has 31 heavy (non-hydrogen) atoms. The van der Waals surface area contributed by atoms with E-state index in [2.05, 4.69) is 5.32 Å². The smallest absolute Gasteiger partial charge is 0.410 e. The van der Waals surface area contributed by atoms with Gasteiger partial charge in [-0.15, -0.1) is 0 Å². The number of hydrogen-bond donors (Lipinski definition) is 1. The average molecular weight is 447 g/mol. The molecule has 168 valence electrons. The van der Waals surface area contributed by atoms with Crippen LogP contribution in [0.15, 0.2) is 36.5 Å². The Hall–Kier alpha value is -2.67. The van der Waals surface area contributed by atoms with E-state index >= 15 is 0 Å². The minimum atomic E-state index is -0.507. The molecule has 3 rings (SSSR count). The molecule has 2 heterocycles. The van der Waals surface area contributed by atoms with Gasteiger partial charge in [-0.1, -0.05) is 11.6 Å². The molecule has 0 unspecified atom stereocenters. The molecule has 7 nitrogen and oxygen atoms in total. The number of piperidine rings is 1. The number of aromatic nitrogens is 1. The van der Waals surface area contributed by atoms with Gasteiger partial charge in [0.1, 0.15) is 11.3 Å². The fourth-order valence-corrected chi connectivity index (χ4v) is 4.05. The first-order chi connectivity index (χ1) is 14.5. The summed E-state index contributed by atoms with van der Waals surface area (Å²) in [5.41, 5.74) is 1.61. The lowest BCUT2D eigenvalue weighted by Gasteiger charge is -2.34. The molecule has 0 saturated carbocycles. The molecule has 1 N–H and O–H groups in total. The zero-order chi connectivity index (χ0) is 22.8. The van der Waals surface area contributed by atoms with Crippen molar-refractivity contribution in [2.24, 2.45) is 0 Å². The molecule has 0 spiro atoms. The number of likely N-dealkylation sites (tertiary alicyclic amines) is 1. The zero-order valence-electron chi connectivity index (χ0n) is 18.8. The van der Waals surface area contributed by atoms with E-state index in [0.29, 0.717) is 29.5 Å². The van der Waals surface area contributed by atoms with Crippen molar-refractivity contribution in [1.29, 1.82) is 0 Å². The Balaban J connectivity index is 1.64. The Morgan fingerprint density at radius 1 is 1.16 bits per heavy atom. The summed E-state index contributed by atoms with van der Waals surface area (Å²) in [7, 11) is 3.83. The molecule has 0 bridgehead atoms. The van der Waals surface area contributed by atoms with Crippen LogP contribution < -0.4 is 10.2 Å². The highest BCUT2D eigenvalue weighted by atomic mass is 35.5. The topological polar surface area (TPSA) is 66.8 Å². The van der Waals surface area contributed by atoms with Crippen LogP contribution in [0.2, 0.25) is 5.02 Å². The van der Waals surface area contributed by atoms with E-state index in [9.17, 15) is 9.59 Å². The summed E-state index contributed by atoms with van der Waals surface area (Å²) in [5.74, 6) is -0.187. The summed E-state index contributed by atoms with van der Waals surface area (Å²) in [5, 5.41) is 3.51. The molecule has 1 fully saturated rings. The molecular weight excluding hydrogens is 416 g/mol. The molecule has 1 aliphatic heterocycles. The lowest BCUT2D eigenvalue weighted by Crippen LogP contribution is -2.42. The summed E-state index contributed by atoms with van der Waals surface area (Å²) < 4.78 is 7.46. The maximum atomic E-state index is 12.9. The molecule has 1 aromatic heterocycles. The van der Waals surface area contributed by atoms with E-state index in [-0.39, 0.29) is 18.0 Å². The van der Waals surface area contributed by atoms with Gasteiger partial charge in [-0.3, -0.25) is 4.79 Å². The second kappa shape index (κ2) is 9.22. The van der Waals surface area contributed by atoms with E-state index < -0.39 is 5.60 Å². The van der Waals surface area contributed by atoms with Crippen molar-refractivity contribution in [3.8, 4) is 0 Å². The molecule has 0 radical (unpaired) electrons. The number of nitrogens with zero attached hydrogens (tertiary/aromatic N) is 3. The van der Waals surface area contributed by atoms with Crippen LogP contribution in [0.3, 0.4) is 0 Å². The van der Waals surface area contributed by atoms with Crippen LogP contribution >= 0.6 is 11.6 Å². The third-order valence-corrected chi connectivity index (χ3v) is 5.51. The predicted molar refractivity (Wildman–Crippen MR) is 124 cm³/mol. The zero-order valence-corrected chi connectivity index (χ0v) is 19.6. The average Bonchev–Trinajstić information content (AvgIpc) is 3.16. The van der Waals surface area contributed by atoms with Gasteiger partial charge in [0, 0.05) is 45.1 Å². The fraction of sp³-hybridized carbons (Fsp3) is 0.478. The van der Waals surface area contributed by atoms with Crippen LogP contribution in [0.5, 0.6) is 0 Å². The third-order valence-electron chi connectivity index (χ3n) is 5.21.